The molecular weight excluding hydrogens is 252 g/mol. The summed E-state index contributed by atoms with van der Waals surface area (Å²) in [5.74, 6) is 0.544. The quantitative estimate of drug-likeness (QED) is 0.866. The number of nitrogens with zero attached hydrogens (tertiary/aromatic N) is 2. The van der Waals surface area contributed by atoms with Crippen molar-refractivity contribution in [2.24, 2.45) is 5.92 Å². The third-order valence-electron chi connectivity index (χ3n) is 4.66. The normalized spacial score (nSPS) is 31.2. The Kier molecular flexibility index (Phi) is 4.05. The van der Waals surface area contributed by atoms with Gasteiger partial charge < -0.3 is 10.2 Å². The molecule has 0 spiro atoms. The van der Waals surface area contributed by atoms with Crippen LogP contribution in [0.25, 0.3) is 0 Å². The molecule has 0 aromatic carbocycles. The van der Waals surface area contributed by atoms with Crippen LogP contribution in [-0.2, 0) is 4.79 Å². The van der Waals surface area contributed by atoms with E-state index in [0.29, 0.717) is 11.9 Å². The minimum Gasteiger partial charge on any atom is -0.335 e. The Hall–Kier alpha value is -1.36. The molecule has 110 valence electrons. The van der Waals surface area contributed by atoms with E-state index in [4.69, 9.17) is 0 Å². The van der Waals surface area contributed by atoms with E-state index in [-0.39, 0.29) is 12.0 Å². The zero-order chi connectivity index (χ0) is 13.9. The van der Waals surface area contributed by atoms with Gasteiger partial charge in [-0.15, -0.1) is 0 Å². The van der Waals surface area contributed by atoms with Crippen LogP contribution in [0.5, 0.6) is 0 Å². The molecule has 5 heteroatoms. The number of aromatic nitrogens is 2. The molecule has 1 amide bonds. The Bertz CT molecular complexity index is 445. The first-order chi connectivity index (χ1) is 9.75. The van der Waals surface area contributed by atoms with Crippen molar-refractivity contribution in [3.05, 3.63) is 18.0 Å². The summed E-state index contributed by atoms with van der Waals surface area (Å²) < 4.78 is 0. The lowest BCUT2D eigenvalue weighted by Crippen LogP contribution is -2.46. The van der Waals surface area contributed by atoms with Gasteiger partial charge >= 0.3 is 0 Å². The summed E-state index contributed by atoms with van der Waals surface area (Å²) in [6.07, 6.45) is 9.11. The Morgan fingerprint density at radius 3 is 3.05 bits per heavy atom. The fraction of sp³-hybridized carbons (Fsp3) is 0.733. The van der Waals surface area contributed by atoms with Crippen molar-refractivity contribution in [3.8, 4) is 0 Å². The third kappa shape index (κ3) is 2.73. The summed E-state index contributed by atoms with van der Waals surface area (Å²) in [7, 11) is 0. The topological polar surface area (TPSA) is 61.0 Å². The van der Waals surface area contributed by atoms with E-state index in [1.54, 1.807) is 0 Å². The Morgan fingerprint density at radius 1 is 1.40 bits per heavy atom. The van der Waals surface area contributed by atoms with Crippen molar-refractivity contribution in [1.29, 1.82) is 0 Å². The number of rotatable bonds is 2. The fourth-order valence-electron chi connectivity index (χ4n) is 3.58. The van der Waals surface area contributed by atoms with Crippen molar-refractivity contribution >= 4 is 5.91 Å². The summed E-state index contributed by atoms with van der Waals surface area (Å²) in [6, 6.07) is 0.676. The molecule has 0 radical (unpaired) electrons. The van der Waals surface area contributed by atoms with Crippen molar-refractivity contribution in [3.63, 3.8) is 0 Å². The number of aromatic amines is 1. The van der Waals surface area contributed by atoms with Gasteiger partial charge in [0.1, 0.15) is 0 Å². The monoisotopic (exact) mass is 276 g/mol. The fourth-order valence-corrected chi connectivity index (χ4v) is 3.58. The summed E-state index contributed by atoms with van der Waals surface area (Å²) in [4.78, 5) is 15.0. The third-order valence-corrected chi connectivity index (χ3v) is 4.66. The van der Waals surface area contributed by atoms with Crippen LogP contribution in [0.1, 0.15) is 50.6 Å². The van der Waals surface area contributed by atoms with Crippen molar-refractivity contribution in [1.82, 2.24) is 20.4 Å². The molecule has 1 aromatic rings. The van der Waals surface area contributed by atoms with Gasteiger partial charge in [-0.1, -0.05) is 0 Å². The number of piperidine rings is 2. The van der Waals surface area contributed by atoms with Crippen LogP contribution in [-0.4, -0.2) is 40.1 Å². The Labute approximate surface area is 120 Å². The van der Waals surface area contributed by atoms with Gasteiger partial charge in [-0.3, -0.25) is 9.89 Å². The van der Waals surface area contributed by atoms with E-state index >= 15 is 0 Å². The zero-order valence-electron chi connectivity index (χ0n) is 12.1. The summed E-state index contributed by atoms with van der Waals surface area (Å²) in [5.41, 5.74) is 1.15. The average molecular weight is 276 g/mol. The van der Waals surface area contributed by atoms with E-state index in [2.05, 4.69) is 27.3 Å². The SMILES string of the molecule is C[C@H]1C[C@@H](C(=O)N2CCCCC2c2cn[nH]c2)CCN1. The molecule has 2 saturated heterocycles. The lowest BCUT2D eigenvalue weighted by molar-refractivity contribution is -0.140. The molecule has 0 aliphatic carbocycles. The van der Waals surface area contributed by atoms with E-state index in [9.17, 15) is 4.79 Å². The number of H-pyrrole nitrogens is 1. The highest BCUT2D eigenvalue weighted by Crippen LogP contribution is 2.33. The number of carbonyl (C=O) groups excluding carboxylic acids is 1. The van der Waals surface area contributed by atoms with Crippen LogP contribution >= 0.6 is 0 Å². The number of amides is 1. The van der Waals surface area contributed by atoms with Crippen LogP contribution in [0.2, 0.25) is 0 Å². The van der Waals surface area contributed by atoms with Crippen LogP contribution in [0.15, 0.2) is 12.4 Å². The number of carbonyl (C=O) groups is 1. The smallest absolute Gasteiger partial charge is 0.226 e. The first-order valence-electron chi connectivity index (χ1n) is 7.78. The second-order valence-electron chi connectivity index (χ2n) is 6.15. The van der Waals surface area contributed by atoms with Crippen LogP contribution in [0.4, 0.5) is 0 Å². The summed E-state index contributed by atoms with van der Waals surface area (Å²) in [6.45, 7) is 4.03. The number of hydrogen-bond acceptors (Lipinski definition) is 3. The van der Waals surface area contributed by atoms with Gasteiger partial charge in [0.2, 0.25) is 5.91 Å². The minimum absolute atomic E-state index is 0.193. The second kappa shape index (κ2) is 5.95. The molecule has 3 rings (SSSR count). The van der Waals surface area contributed by atoms with E-state index in [0.717, 1.165) is 44.3 Å². The predicted molar refractivity (Wildman–Crippen MR) is 77.1 cm³/mol. The Balaban J connectivity index is 1.74. The van der Waals surface area contributed by atoms with Gasteiger partial charge in [0.25, 0.3) is 0 Å². The van der Waals surface area contributed by atoms with E-state index in [1.165, 1.54) is 6.42 Å². The standard InChI is InChI=1S/C15H24N4O/c1-11-8-12(5-6-16-11)15(20)19-7-3-2-4-14(19)13-9-17-18-10-13/h9-12,14,16H,2-8H2,1H3,(H,17,18)/t11-,12-,14?/m0/s1. The summed E-state index contributed by atoms with van der Waals surface area (Å²) in [5, 5.41) is 10.3. The molecule has 3 atom stereocenters. The number of nitrogens with one attached hydrogen (secondary N) is 2. The van der Waals surface area contributed by atoms with E-state index < -0.39 is 0 Å². The van der Waals surface area contributed by atoms with Gasteiger partial charge in [-0.05, 0) is 45.6 Å². The molecule has 2 N–H and O–H groups in total. The molecule has 20 heavy (non-hydrogen) atoms. The van der Waals surface area contributed by atoms with Crippen LogP contribution in [0, 0.1) is 5.92 Å². The van der Waals surface area contributed by atoms with Gasteiger partial charge in [0.05, 0.1) is 12.2 Å². The van der Waals surface area contributed by atoms with Crippen LogP contribution < -0.4 is 5.32 Å². The molecule has 1 aromatic heterocycles. The molecule has 5 nitrogen and oxygen atoms in total. The largest absolute Gasteiger partial charge is 0.335 e. The van der Waals surface area contributed by atoms with Crippen molar-refractivity contribution < 1.29 is 4.79 Å². The van der Waals surface area contributed by atoms with E-state index in [1.807, 2.05) is 12.4 Å². The van der Waals surface area contributed by atoms with Crippen LogP contribution in [0.3, 0.4) is 0 Å². The number of likely N-dealkylation sites (tertiary alicyclic amines) is 1. The minimum atomic E-state index is 0.193. The highest BCUT2D eigenvalue weighted by molar-refractivity contribution is 5.79. The molecule has 3 heterocycles. The highest BCUT2D eigenvalue weighted by atomic mass is 16.2. The van der Waals surface area contributed by atoms with Gasteiger partial charge in [-0.2, -0.15) is 5.10 Å². The molecular formula is C15H24N4O. The maximum absolute atomic E-state index is 12.9. The zero-order valence-corrected chi connectivity index (χ0v) is 12.1. The average Bonchev–Trinajstić information content (AvgIpc) is 3.00. The molecule has 2 fully saturated rings. The van der Waals surface area contributed by atoms with Gasteiger partial charge in [0, 0.05) is 30.3 Å². The molecule has 0 saturated carbocycles. The van der Waals surface area contributed by atoms with Gasteiger partial charge in [0.15, 0.2) is 0 Å². The maximum Gasteiger partial charge on any atom is 0.226 e. The highest BCUT2D eigenvalue weighted by Gasteiger charge is 2.34. The first kappa shape index (κ1) is 13.6. The van der Waals surface area contributed by atoms with Crippen molar-refractivity contribution in [2.45, 2.75) is 51.1 Å². The van der Waals surface area contributed by atoms with Crippen molar-refractivity contribution in [2.75, 3.05) is 13.1 Å². The predicted octanol–water partition coefficient (Wildman–Crippen LogP) is 1.85. The second-order valence-corrected chi connectivity index (χ2v) is 6.15. The molecule has 0 bridgehead atoms. The molecule has 2 aliphatic rings. The molecule has 2 aliphatic heterocycles. The lowest BCUT2D eigenvalue weighted by Gasteiger charge is -2.39. The maximum atomic E-state index is 12.9. The Morgan fingerprint density at radius 2 is 2.30 bits per heavy atom. The summed E-state index contributed by atoms with van der Waals surface area (Å²) >= 11 is 0. The number of hydrogen-bond donors (Lipinski definition) is 2. The van der Waals surface area contributed by atoms with Gasteiger partial charge in [-0.25, -0.2) is 0 Å². The lowest BCUT2D eigenvalue weighted by atomic mass is 9.89. The first-order valence-corrected chi connectivity index (χ1v) is 7.78. The molecule has 1 unspecified atom stereocenters.